The van der Waals surface area contributed by atoms with E-state index in [0.29, 0.717) is 28.5 Å². The lowest BCUT2D eigenvalue weighted by molar-refractivity contribution is 0.0926. The van der Waals surface area contributed by atoms with Crippen LogP contribution < -0.4 is 5.32 Å². The number of aromatic nitrogens is 3. The number of carbonyl (C=O) groups is 1. The van der Waals surface area contributed by atoms with Crippen LogP contribution in [0.15, 0.2) is 67.1 Å². The number of hydrogen-bond donors (Lipinski definition) is 1. The Kier molecular flexibility index (Phi) is 6.56. The van der Waals surface area contributed by atoms with E-state index in [9.17, 15) is 9.18 Å². The van der Waals surface area contributed by atoms with Crippen molar-refractivity contribution in [3.05, 3.63) is 89.1 Å². The molecule has 2 aromatic heterocycles. The molecule has 1 atom stereocenters. The molecule has 3 heterocycles. The van der Waals surface area contributed by atoms with Crippen molar-refractivity contribution in [2.24, 2.45) is 0 Å². The van der Waals surface area contributed by atoms with E-state index in [0.717, 1.165) is 37.0 Å². The molecule has 0 aliphatic carbocycles. The summed E-state index contributed by atoms with van der Waals surface area (Å²) in [6, 6.07) is 13.8. The molecule has 5 rings (SSSR count). The Morgan fingerprint density at radius 2 is 1.76 bits per heavy atom. The topological polar surface area (TPSA) is 63.1 Å². The van der Waals surface area contributed by atoms with E-state index in [-0.39, 0.29) is 17.8 Å². The van der Waals surface area contributed by atoms with E-state index in [1.54, 1.807) is 47.4 Å². The molecule has 0 saturated carbocycles. The third-order valence-corrected chi connectivity index (χ3v) is 6.65. The van der Waals surface area contributed by atoms with E-state index in [2.05, 4.69) is 20.2 Å². The molecule has 1 saturated heterocycles. The summed E-state index contributed by atoms with van der Waals surface area (Å²) < 4.78 is 15.3. The van der Waals surface area contributed by atoms with Crippen LogP contribution in [0, 0.1) is 5.82 Å². The van der Waals surface area contributed by atoms with Gasteiger partial charge in [-0.1, -0.05) is 36.2 Å². The maximum Gasteiger partial charge on any atom is 0.253 e. The van der Waals surface area contributed by atoms with Crippen LogP contribution in [-0.2, 0) is 0 Å². The molecular weight excluding hydrogens is 453 g/mol. The molecule has 0 bridgehead atoms. The van der Waals surface area contributed by atoms with E-state index in [4.69, 9.17) is 11.6 Å². The van der Waals surface area contributed by atoms with Gasteiger partial charge < -0.3 is 5.32 Å². The first kappa shape index (κ1) is 22.5. The Labute approximate surface area is 202 Å². The zero-order valence-corrected chi connectivity index (χ0v) is 19.4. The van der Waals surface area contributed by atoms with Crippen molar-refractivity contribution in [1.82, 2.24) is 24.8 Å². The fraction of sp³-hybridized carbons (Fsp3) is 0.269. The highest BCUT2D eigenvalue weighted by Crippen LogP contribution is 2.30. The van der Waals surface area contributed by atoms with Crippen molar-refractivity contribution in [3.63, 3.8) is 0 Å². The molecule has 1 amide bonds. The Hall–Kier alpha value is -3.29. The maximum atomic E-state index is 13.5. The molecule has 1 fully saturated rings. The van der Waals surface area contributed by atoms with Crippen LogP contribution in [0.5, 0.6) is 0 Å². The smallest absolute Gasteiger partial charge is 0.253 e. The van der Waals surface area contributed by atoms with E-state index in [1.165, 1.54) is 18.6 Å². The second kappa shape index (κ2) is 9.91. The average molecular weight is 478 g/mol. The maximum absolute atomic E-state index is 13.5. The molecule has 174 valence electrons. The Morgan fingerprint density at radius 1 is 1.03 bits per heavy atom. The summed E-state index contributed by atoms with van der Waals surface area (Å²) >= 11 is 6.52. The quantitative estimate of drug-likeness (QED) is 0.416. The predicted molar refractivity (Wildman–Crippen MR) is 131 cm³/mol. The molecule has 4 aromatic rings. The van der Waals surface area contributed by atoms with Gasteiger partial charge in [-0.2, -0.15) is 0 Å². The molecule has 34 heavy (non-hydrogen) atoms. The summed E-state index contributed by atoms with van der Waals surface area (Å²) in [4.78, 5) is 24.4. The first-order valence-electron chi connectivity index (χ1n) is 11.5. The number of nitrogens with one attached hydrogen (secondary N) is 1. The highest BCUT2D eigenvalue weighted by molar-refractivity contribution is 6.37. The minimum atomic E-state index is -0.268. The minimum absolute atomic E-state index is 0.0360. The van der Waals surface area contributed by atoms with Gasteiger partial charge in [-0.05, 0) is 61.8 Å². The first-order valence-corrected chi connectivity index (χ1v) is 11.8. The van der Waals surface area contributed by atoms with Gasteiger partial charge in [0.1, 0.15) is 5.82 Å². The van der Waals surface area contributed by atoms with Gasteiger partial charge in [0, 0.05) is 30.5 Å². The zero-order chi connectivity index (χ0) is 23.5. The summed E-state index contributed by atoms with van der Waals surface area (Å²) in [6.07, 6.45) is 8.49. The molecule has 0 radical (unpaired) electrons. The lowest BCUT2D eigenvalue weighted by atomic mass is 10.0. The number of nitrogens with zero attached hydrogens (tertiary/aromatic N) is 4. The number of benzene rings is 2. The number of carbonyl (C=O) groups excluding carboxylic acids is 1. The summed E-state index contributed by atoms with van der Waals surface area (Å²) in [5.41, 5.74) is 2.21. The summed E-state index contributed by atoms with van der Waals surface area (Å²) in [7, 11) is 0. The molecule has 0 spiro atoms. The average Bonchev–Trinajstić information content (AvgIpc) is 3.27. The van der Waals surface area contributed by atoms with Crippen molar-refractivity contribution in [3.8, 4) is 5.95 Å². The number of hydrogen-bond acceptors (Lipinski definition) is 4. The molecule has 6 nitrogen and oxygen atoms in total. The number of fused-ring (bicyclic) bond motifs is 1. The van der Waals surface area contributed by atoms with Crippen LogP contribution in [0.25, 0.3) is 16.9 Å². The molecule has 1 unspecified atom stereocenters. The number of halogens is 2. The van der Waals surface area contributed by atoms with Gasteiger partial charge >= 0.3 is 0 Å². The highest BCUT2D eigenvalue weighted by atomic mass is 35.5. The second-order valence-electron chi connectivity index (χ2n) is 8.47. The van der Waals surface area contributed by atoms with Gasteiger partial charge in [-0.25, -0.2) is 14.4 Å². The second-order valence-corrected chi connectivity index (χ2v) is 8.88. The van der Waals surface area contributed by atoms with Gasteiger partial charge in [0.15, 0.2) is 0 Å². The van der Waals surface area contributed by atoms with E-state index < -0.39 is 0 Å². The number of likely N-dealkylation sites (tertiary alicyclic amines) is 1. The normalized spacial score (nSPS) is 15.4. The fourth-order valence-electron chi connectivity index (χ4n) is 4.65. The molecule has 1 aliphatic rings. The van der Waals surface area contributed by atoms with Crippen LogP contribution in [-0.4, -0.2) is 45.0 Å². The van der Waals surface area contributed by atoms with Gasteiger partial charge in [0.05, 0.1) is 22.1 Å². The molecule has 1 N–H and O–H groups in total. The summed E-state index contributed by atoms with van der Waals surface area (Å²) in [5, 5.41) is 4.25. The van der Waals surface area contributed by atoms with Crippen LogP contribution in [0.1, 0.15) is 41.2 Å². The van der Waals surface area contributed by atoms with Crippen LogP contribution >= 0.6 is 11.6 Å². The van der Waals surface area contributed by atoms with Gasteiger partial charge in [0.2, 0.25) is 5.95 Å². The van der Waals surface area contributed by atoms with Crippen LogP contribution in [0.3, 0.4) is 0 Å². The standard InChI is InChI=1S/C26H25ClFN5O/c27-21-6-4-7-22-24(21)20(17-33(22)26-29-12-5-13-30-26)25(34)31-16-23(32-14-2-1-3-15-32)18-8-10-19(28)11-9-18/h4-13,17,23H,1-3,14-16H2,(H,31,34). The largest absolute Gasteiger partial charge is 0.350 e. The highest BCUT2D eigenvalue weighted by Gasteiger charge is 2.25. The van der Waals surface area contributed by atoms with Crippen molar-refractivity contribution >= 4 is 28.4 Å². The lowest BCUT2D eigenvalue weighted by Crippen LogP contribution is -2.40. The Morgan fingerprint density at radius 3 is 2.50 bits per heavy atom. The molecular formula is C26H25ClFN5O. The first-order chi connectivity index (χ1) is 16.6. The van der Waals surface area contributed by atoms with Gasteiger partial charge in [-0.15, -0.1) is 0 Å². The Balaban J connectivity index is 1.45. The monoisotopic (exact) mass is 477 g/mol. The SMILES string of the molecule is O=C(NCC(c1ccc(F)cc1)N1CCCCC1)c1cn(-c2ncccn2)c2cccc(Cl)c12. The fourth-order valence-corrected chi connectivity index (χ4v) is 4.93. The number of amides is 1. The van der Waals surface area contributed by atoms with Gasteiger partial charge in [0.25, 0.3) is 5.91 Å². The Bertz CT molecular complexity index is 1290. The van der Waals surface area contributed by atoms with Crippen molar-refractivity contribution in [2.75, 3.05) is 19.6 Å². The minimum Gasteiger partial charge on any atom is -0.350 e. The lowest BCUT2D eigenvalue weighted by Gasteiger charge is -2.35. The molecule has 2 aromatic carbocycles. The summed E-state index contributed by atoms with van der Waals surface area (Å²) in [5.74, 6) is -0.0287. The molecule has 1 aliphatic heterocycles. The third kappa shape index (κ3) is 4.54. The number of rotatable bonds is 6. The zero-order valence-electron chi connectivity index (χ0n) is 18.6. The van der Waals surface area contributed by atoms with Crippen LogP contribution in [0.4, 0.5) is 4.39 Å². The van der Waals surface area contributed by atoms with E-state index in [1.807, 2.05) is 12.1 Å². The number of piperidine rings is 1. The van der Waals surface area contributed by atoms with Crippen LogP contribution in [0.2, 0.25) is 5.02 Å². The van der Waals surface area contributed by atoms with Crippen molar-refractivity contribution in [1.29, 1.82) is 0 Å². The third-order valence-electron chi connectivity index (χ3n) is 6.33. The molecule has 8 heteroatoms. The summed E-state index contributed by atoms with van der Waals surface area (Å²) in [6.45, 7) is 2.31. The van der Waals surface area contributed by atoms with E-state index >= 15 is 0 Å². The predicted octanol–water partition coefficient (Wildman–Crippen LogP) is 5.17. The van der Waals surface area contributed by atoms with Crippen molar-refractivity contribution < 1.29 is 9.18 Å². The van der Waals surface area contributed by atoms with Gasteiger partial charge in [-0.3, -0.25) is 14.3 Å². The van der Waals surface area contributed by atoms with Crippen molar-refractivity contribution in [2.45, 2.75) is 25.3 Å².